The molecule has 0 saturated heterocycles. The van der Waals surface area contributed by atoms with Gasteiger partial charge < -0.3 is 8.98 Å². The first-order valence-corrected chi connectivity index (χ1v) is 10.1. The molecule has 0 atom stereocenters. The van der Waals surface area contributed by atoms with Crippen molar-refractivity contribution in [2.24, 2.45) is 5.10 Å². The van der Waals surface area contributed by atoms with Gasteiger partial charge in [-0.05, 0) is 57.0 Å². The highest BCUT2D eigenvalue weighted by Crippen LogP contribution is 2.31. The van der Waals surface area contributed by atoms with Gasteiger partial charge in [0.05, 0.1) is 6.21 Å². The molecule has 5 nitrogen and oxygen atoms in total. The molecular weight excluding hydrogens is 374 g/mol. The molecule has 1 aromatic carbocycles. The van der Waals surface area contributed by atoms with Crippen LogP contribution < -0.4 is 5.43 Å². The van der Waals surface area contributed by atoms with Crippen molar-refractivity contribution in [2.45, 2.75) is 52.0 Å². The fourth-order valence-electron chi connectivity index (χ4n) is 4.18. The second-order valence-electron chi connectivity index (χ2n) is 7.48. The lowest BCUT2D eigenvalue weighted by molar-refractivity contribution is 0.0929. The SMILES string of the molecule is Cc1cc(/C=N/NC(=O)c2cc3cc(Cl)ccc3o2)c(C)n1C1CCCCC1. The van der Waals surface area contributed by atoms with Crippen molar-refractivity contribution < 1.29 is 9.21 Å². The molecule has 1 N–H and O–H groups in total. The van der Waals surface area contributed by atoms with Crippen molar-refractivity contribution in [3.05, 3.63) is 58.1 Å². The van der Waals surface area contributed by atoms with E-state index >= 15 is 0 Å². The van der Waals surface area contributed by atoms with Gasteiger partial charge in [-0.2, -0.15) is 5.10 Å². The fourth-order valence-corrected chi connectivity index (χ4v) is 4.36. The number of nitrogens with one attached hydrogen (secondary N) is 1. The Morgan fingerprint density at radius 3 is 2.79 bits per heavy atom. The van der Waals surface area contributed by atoms with Gasteiger partial charge in [0.2, 0.25) is 0 Å². The lowest BCUT2D eigenvalue weighted by Gasteiger charge is -2.26. The third-order valence-corrected chi connectivity index (χ3v) is 5.77. The molecule has 4 rings (SSSR count). The summed E-state index contributed by atoms with van der Waals surface area (Å²) in [6, 6.07) is 9.62. The van der Waals surface area contributed by atoms with Crippen LogP contribution in [0.25, 0.3) is 11.0 Å². The molecule has 3 aromatic rings. The quantitative estimate of drug-likeness (QED) is 0.448. The second kappa shape index (κ2) is 7.84. The number of benzene rings is 1. The number of hydrogen-bond donors (Lipinski definition) is 1. The van der Waals surface area contributed by atoms with Crippen molar-refractivity contribution in [1.29, 1.82) is 0 Å². The average molecular weight is 398 g/mol. The van der Waals surface area contributed by atoms with Crippen molar-refractivity contribution in [3.8, 4) is 0 Å². The summed E-state index contributed by atoms with van der Waals surface area (Å²) in [5.41, 5.74) is 6.64. The Kier molecular flexibility index (Phi) is 5.27. The van der Waals surface area contributed by atoms with E-state index in [2.05, 4.69) is 35.0 Å². The van der Waals surface area contributed by atoms with Crippen molar-refractivity contribution in [2.75, 3.05) is 0 Å². The maximum atomic E-state index is 12.3. The summed E-state index contributed by atoms with van der Waals surface area (Å²) < 4.78 is 7.99. The monoisotopic (exact) mass is 397 g/mol. The number of furan rings is 1. The van der Waals surface area contributed by atoms with Crippen LogP contribution >= 0.6 is 11.6 Å². The number of carbonyl (C=O) groups excluding carboxylic acids is 1. The Bertz CT molecular complexity index is 1040. The van der Waals surface area contributed by atoms with Gasteiger partial charge >= 0.3 is 5.91 Å². The number of halogens is 1. The molecule has 6 heteroatoms. The van der Waals surface area contributed by atoms with E-state index < -0.39 is 0 Å². The standard InChI is InChI=1S/C22H24ClN3O2/c1-14-10-17(15(2)26(14)19-6-4-3-5-7-19)13-24-25-22(27)21-12-16-11-18(23)8-9-20(16)28-21/h8-13,19H,3-7H2,1-2H3,(H,25,27)/b24-13+. The van der Waals surface area contributed by atoms with E-state index in [4.69, 9.17) is 16.0 Å². The highest BCUT2D eigenvalue weighted by molar-refractivity contribution is 6.31. The summed E-state index contributed by atoms with van der Waals surface area (Å²) in [5.74, 6) is -0.174. The summed E-state index contributed by atoms with van der Waals surface area (Å²) >= 11 is 5.98. The highest BCUT2D eigenvalue weighted by atomic mass is 35.5. The number of fused-ring (bicyclic) bond motifs is 1. The molecule has 0 radical (unpaired) electrons. The number of rotatable bonds is 4. The predicted molar refractivity (Wildman–Crippen MR) is 112 cm³/mol. The van der Waals surface area contributed by atoms with Gasteiger partial charge in [0.1, 0.15) is 5.58 Å². The van der Waals surface area contributed by atoms with Gasteiger partial charge in [-0.15, -0.1) is 0 Å². The number of aromatic nitrogens is 1. The molecule has 1 amide bonds. The molecule has 1 fully saturated rings. The van der Waals surface area contributed by atoms with Gasteiger partial charge in [-0.3, -0.25) is 4.79 Å². The van der Waals surface area contributed by atoms with Crippen molar-refractivity contribution >= 4 is 34.7 Å². The zero-order valence-electron chi connectivity index (χ0n) is 16.2. The number of aryl methyl sites for hydroxylation is 1. The van der Waals surface area contributed by atoms with E-state index in [1.165, 1.54) is 43.5 Å². The minimum Gasteiger partial charge on any atom is -0.451 e. The van der Waals surface area contributed by atoms with Crippen LogP contribution in [0, 0.1) is 13.8 Å². The zero-order chi connectivity index (χ0) is 19.7. The average Bonchev–Trinajstić information content (AvgIpc) is 3.22. The van der Waals surface area contributed by atoms with Crippen LogP contribution in [0.3, 0.4) is 0 Å². The molecule has 2 aromatic heterocycles. The van der Waals surface area contributed by atoms with Crippen molar-refractivity contribution in [3.63, 3.8) is 0 Å². The topological polar surface area (TPSA) is 59.5 Å². The Labute approximate surface area is 169 Å². The third-order valence-electron chi connectivity index (χ3n) is 5.54. The minimum atomic E-state index is -0.385. The molecule has 28 heavy (non-hydrogen) atoms. The molecule has 0 bridgehead atoms. The smallest absolute Gasteiger partial charge is 0.307 e. The first kappa shape index (κ1) is 18.8. The van der Waals surface area contributed by atoms with Crippen LogP contribution in [0.15, 0.2) is 39.9 Å². The maximum absolute atomic E-state index is 12.3. The normalized spacial score (nSPS) is 15.5. The molecule has 0 spiro atoms. The fraction of sp³-hybridized carbons (Fsp3) is 0.364. The number of carbonyl (C=O) groups is 1. The molecule has 146 valence electrons. The van der Waals surface area contributed by atoms with E-state index in [1.807, 2.05) is 0 Å². The minimum absolute atomic E-state index is 0.210. The molecule has 1 aliphatic rings. The lowest BCUT2D eigenvalue weighted by Crippen LogP contribution is -2.17. The van der Waals surface area contributed by atoms with Crippen LogP contribution in [-0.2, 0) is 0 Å². The Balaban J connectivity index is 1.47. The van der Waals surface area contributed by atoms with E-state index in [0.717, 1.165) is 10.9 Å². The zero-order valence-corrected chi connectivity index (χ0v) is 16.9. The van der Waals surface area contributed by atoms with E-state index in [9.17, 15) is 4.79 Å². The largest absolute Gasteiger partial charge is 0.451 e. The first-order chi connectivity index (χ1) is 13.5. The van der Waals surface area contributed by atoms with Crippen LogP contribution in [0.5, 0.6) is 0 Å². The number of nitrogens with zero attached hydrogens (tertiary/aromatic N) is 2. The summed E-state index contributed by atoms with van der Waals surface area (Å²) in [6.07, 6.45) is 8.11. The van der Waals surface area contributed by atoms with Crippen LogP contribution in [-0.4, -0.2) is 16.7 Å². The number of hydrogen-bond acceptors (Lipinski definition) is 3. The Morgan fingerprint density at radius 1 is 1.21 bits per heavy atom. The summed E-state index contributed by atoms with van der Waals surface area (Å²) in [4.78, 5) is 12.3. The molecule has 0 unspecified atom stereocenters. The van der Waals surface area contributed by atoms with Crippen LogP contribution in [0.4, 0.5) is 0 Å². The third kappa shape index (κ3) is 3.72. The number of hydrazone groups is 1. The van der Waals surface area contributed by atoms with Gasteiger partial charge in [-0.1, -0.05) is 30.9 Å². The van der Waals surface area contributed by atoms with Crippen molar-refractivity contribution in [1.82, 2.24) is 9.99 Å². The molecular formula is C22H24ClN3O2. The maximum Gasteiger partial charge on any atom is 0.307 e. The van der Waals surface area contributed by atoms with E-state index in [-0.39, 0.29) is 11.7 Å². The van der Waals surface area contributed by atoms with Crippen LogP contribution in [0.2, 0.25) is 5.02 Å². The molecule has 1 saturated carbocycles. The lowest BCUT2D eigenvalue weighted by atomic mass is 9.95. The predicted octanol–water partition coefficient (Wildman–Crippen LogP) is 5.77. The number of amides is 1. The Hall–Kier alpha value is -2.53. The highest BCUT2D eigenvalue weighted by Gasteiger charge is 2.19. The second-order valence-corrected chi connectivity index (χ2v) is 7.92. The summed E-state index contributed by atoms with van der Waals surface area (Å²) in [7, 11) is 0. The summed E-state index contributed by atoms with van der Waals surface area (Å²) in [5, 5.41) is 5.53. The van der Waals surface area contributed by atoms with Gasteiger partial charge in [0.15, 0.2) is 5.76 Å². The Morgan fingerprint density at radius 2 is 2.00 bits per heavy atom. The van der Waals surface area contributed by atoms with Gasteiger partial charge in [0.25, 0.3) is 0 Å². The summed E-state index contributed by atoms with van der Waals surface area (Å²) in [6.45, 7) is 4.25. The molecule has 2 heterocycles. The van der Waals surface area contributed by atoms with Gasteiger partial charge in [0, 0.05) is 33.4 Å². The molecule has 1 aliphatic carbocycles. The first-order valence-electron chi connectivity index (χ1n) is 9.74. The van der Waals surface area contributed by atoms with Crippen LogP contribution in [0.1, 0.15) is 65.7 Å². The van der Waals surface area contributed by atoms with Gasteiger partial charge in [-0.25, -0.2) is 5.43 Å². The molecule has 0 aliphatic heterocycles. The van der Waals surface area contributed by atoms with E-state index in [0.29, 0.717) is 16.6 Å². The van der Waals surface area contributed by atoms with E-state index in [1.54, 1.807) is 30.5 Å².